The Morgan fingerprint density at radius 2 is 2.14 bits per heavy atom. The average molecular weight is 305 g/mol. The van der Waals surface area contributed by atoms with E-state index in [0.717, 1.165) is 18.0 Å². The first-order valence-corrected chi connectivity index (χ1v) is 10.6. The highest BCUT2D eigenvalue weighted by atomic mass is 28.3. The largest absolute Gasteiger partial charge is 0.382 e. The molecule has 0 unspecified atom stereocenters. The van der Waals surface area contributed by atoms with Crippen molar-refractivity contribution in [3.63, 3.8) is 0 Å². The van der Waals surface area contributed by atoms with Crippen LogP contribution < -0.4 is 5.73 Å². The van der Waals surface area contributed by atoms with Gasteiger partial charge in [-0.2, -0.15) is 5.10 Å². The SMILES string of the molecule is C[Si](C)(C)CCOCn1[nH]nc2c3c(N)nnc3cnc21. The van der Waals surface area contributed by atoms with E-state index in [0.29, 0.717) is 29.2 Å². The van der Waals surface area contributed by atoms with E-state index < -0.39 is 8.07 Å². The summed E-state index contributed by atoms with van der Waals surface area (Å²) in [5.74, 6) is 0.371. The van der Waals surface area contributed by atoms with Crippen molar-refractivity contribution in [1.29, 1.82) is 0 Å². The Morgan fingerprint density at radius 3 is 2.90 bits per heavy atom. The van der Waals surface area contributed by atoms with Crippen LogP contribution in [0.15, 0.2) is 6.20 Å². The Bertz CT molecular complexity index is 773. The highest BCUT2D eigenvalue weighted by molar-refractivity contribution is 6.76. The van der Waals surface area contributed by atoms with Crippen LogP contribution in [0, 0.1) is 0 Å². The highest BCUT2D eigenvalue weighted by Gasteiger charge is 2.15. The molecule has 0 aliphatic carbocycles. The number of fused-ring (bicyclic) bond motifs is 3. The third-order valence-electron chi connectivity index (χ3n) is 3.29. The van der Waals surface area contributed by atoms with Gasteiger partial charge in [0.1, 0.15) is 17.8 Å². The molecule has 0 bridgehead atoms. The predicted molar refractivity (Wildman–Crippen MR) is 83.5 cm³/mol. The summed E-state index contributed by atoms with van der Waals surface area (Å²) in [5, 5.41) is 15.7. The van der Waals surface area contributed by atoms with Gasteiger partial charge in [-0.15, -0.1) is 10.2 Å². The quantitative estimate of drug-likeness (QED) is 0.547. The monoisotopic (exact) mass is 305 g/mol. The zero-order valence-electron chi connectivity index (χ0n) is 12.4. The highest BCUT2D eigenvalue weighted by Crippen LogP contribution is 2.24. The lowest BCUT2D eigenvalue weighted by molar-refractivity contribution is 0.0799. The number of rotatable bonds is 5. The molecule has 9 heteroatoms. The van der Waals surface area contributed by atoms with Crippen LogP contribution in [0.25, 0.3) is 22.1 Å². The van der Waals surface area contributed by atoms with Crippen LogP contribution in [-0.4, -0.2) is 44.9 Å². The summed E-state index contributed by atoms with van der Waals surface area (Å²) < 4.78 is 7.47. The first-order valence-electron chi connectivity index (χ1n) is 6.85. The van der Waals surface area contributed by atoms with E-state index >= 15 is 0 Å². The molecule has 8 nitrogen and oxygen atoms in total. The Balaban J connectivity index is 1.81. The molecule has 112 valence electrons. The summed E-state index contributed by atoms with van der Waals surface area (Å²) in [6, 6.07) is 1.13. The van der Waals surface area contributed by atoms with Gasteiger partial charge in [-0.25, -0.2) is 14.9 Å². The zero-order chi connectivity index (χ0) is 15.0. The van der Waals surface area contributed by atoms with E-state index in [1.165, 1.54) is 0 Å². The van der Waals surface area contributed by atoms with E-state index in [2.05, 4.69) is 45.1 Å². The molecule has 0 fully saturated rings. The maximum atomic E-state index is 5.83. The van der Waals surface area contributed by atoms with Gasteiger partial charge in [0.25, 0.3) is 0 Å². The number of hydrogen-bond acceptors (Lipinski definition) is 6. The summed E-state index contributed by atoms with van der Waals surface area (Å²) in [6.45, 7) is 8.11. The van der Waals surface area contributed by atoms with Crippen molar-refractivity contribution in [1.82, 2.24) is 30.2 Å². The summed E-state index contributed by atoms with van der Waals surface area (Å²) >= 11 is 0. The average Bonchev–Trinajstić information content (AvgIpc) is 2.98. The van der Waals surface area contributed by atoms with E-state index in [-0.39, 0.29) is 0 Å². The summed E-state index contributed by atoms with van der Waals surface area (Å²) in [7, 11) is -1.08. The number of hydrogen-bond donors (Lipinski definition) is 2. The van der Waals surface area contributed by atoms with Crippen LogP contribution >= 0.6 is 0 Å². The molecule has 0 spiro atoms. The lowest BCUT2D eigenvalue weighted by Crippen LogP contribution is -2.22. The van der Waals surface area contributed by atoms with Crippen molar-refractivity contribution < 1.29 is 4.74 Å². The lowest BCUT2D eigenvalue weighted by atomic mass is 10.3. The zero-order valence-corrected chi connectivity index (χ0v) is 13.4. The van der Waals surface area contributed by atoms with Gasteiger partial charge in [0.15, 0.2) is 11.5 Å². The summed E-state index contributed by atoms with van der Waals surface area (Å²) in [6.07, 6.45) is 1.65. The second-order valence-corrected chi connectivity index (χ2v) is 11.9. The third-order valence-corrected chi connectivity index (χ3v) is 4.99. The second kappa shape index (κ2) is 5.08. The minimum absolute atomic E-state index is 0.371. The number of nitrogen functional groups attached to an aromatic ring is 1. The summed E-state index contributed by atoms with van der Waals surface area (Å²) in [5.41, 5.74) is 7.84. The molecule has 3 N–H and O–H groups in total. The van der Waals surface area contributed by atoms with Crippen molar-refractivity contribution in [3.05, 3.63) is 6.20 Å². The fourth-order valence-electron chi connectivity index (χ4n) is 2.05. The Labute approximate surface area is 122 Å². The van der Waals surface area contributed by atoms with Crippen molar-refractivity contribution >= 4 is 36.0 Å². The molecule has 3 aromatic rings. The van der Waals surface area contributed by atoms with Gasteiger partial charge in [-0.1, -0.05) is 19.6 Å². The normalized spacial score (nSPS) is 12.5. The molecule has 0 aliphatic rings. The molecule has 3 rings (SSSR count). The van der Waals surface area contributed by atoms with Crippen molar-refractivity contribution in [3.8, 4) is 0 Å². The van der Waals surface area contributed by atoms with Crippen LogP contribution in [0.2, 0.25) is 25.7 Å². The molecule has 3 aromatic heterocycles. The molecule has 0 saturated heterocycles. The van der Waals surface area contributed by atoms with Crippen LogP contribution in [0.4, 0.5) is 5.82 Å². The van der Waals surface area contributed by atoms with Crippen LogP contribution in [0.5, 0.6) is 0 Å². The maximum absolute atomic E-state index is 5.83. The van der Waals surface area contributed by atoms with Crippen LogP contribution in [0.3, 0.4) is 0 Å². The number of nitrogens with one attached hydrogen (secondary N) is 1. The maximum Gasteiger partial charge on any atom is 0.179 e. The molecule has 0 aromatic carbocycles. The second-order valence-electron chi connectivity index (χ2n) is 6.26. The van der Waals surface area contributed by atoms with Crippen molar-refractivity contribution in [2.75, 3.05) is 12.3 Å². The lowest BCUT2D eigenvalue weighted by Gasteiger charge is -2.15. The standard InChI is InChI=1S/C12H19N7OSi/c1-21(2,3)5-4-20-7-19-12-10(16-18-19)9-8(6-14-12)15-17-11(9)13/h6,18H,4-5,7,13H2,1-3H3. The number of nitrogens with two attached hydrogens (primary N) is 1. The minimum Gasteiger partial charge on any atom is -0.382 e. The van der Waals surface area contributed by atoms with E-state index in [9.17, 15) is 0 Å². The number of aromatic amines is 1. The van der Waals surface area contributed by atoms with E-state index in [1.807, 2.05) is 0 Å². The van der Waals surface area contributed by atoms with Crippen molar-refractivity contribution in [2.24, 2.45) is 0 Å². The predicted octanol–water partition coefficient (Wildman–Crippen LogP) is 1.60. The molecule has 3 heterocycles. The van der Waals surface area contributed by atoms with E-state index in [4.69, 9.17) is 10.5 Å². The summed E-state index contributed by atoms with van der Waals surface area (Å²) in [4.78, 5) is 4.35. The van der Waals surface area contributed by atoms with Crippen LogP contribution in [-0.2, 0) is 11.5 Å². The molecule has 0 atom stereocenters. The molecule has 0 amide bonds. The first kappa shape index (κ1) is 14.0. The Hall–Kier alpha value is -2.00. The van der Waals surface area contributed by atoms with Crippen molar-refractivity contribution in [2.45, 2.75) is 32.4 Å². The number of ether oxygens (including phenoxy) is 1. The van der Waals surface area contributed by atoms with Gasteiger partial charge in [0.05, 0.1) is 11.6 Å². The number of aromatic nitrogens is 6. The third kappa shape index (κ3) is 2.74. The number of H-pyrrole nitrogens is 1. The van der Waals surface area contributed by atoms with Gasteiger partial charge < -0.3 is 10.5 Å². The minimum atomic E-state index is -1.08. The Morgan fingerprint density at radius 1 is 1.33 bits per heavy atom. The number of anilines is 1. The van der Waals surface area contributed by atoms with Crippen LogP contribution in [0.1, 0.15) is 0 Å². The van der Waals surface area contributed by atoms with E-state index in [1.54, 1.807) is 10.9 Å². The molecular weight excluding hydrogens is 286 g/mol. The van der Waals surface area contributed by atoms with Gasteiger partial charge in [-0.3, -0.25) is 0 Å². The first-order chi connectivity index (χ1) is 9.96. The fraction of sp³-hybridized carbons (Fsp3) is 0.500. The number of pyridine rings is 1. The molecule has 21 heavy (non-hydrogen) atoms. The fourth-order valence-corrected chi connectivity index (χ4v) is 2.81. The number of nitrogens with zero attached hydrogens (tertiary/aromatic N) is 5. The van der Waals surface area contributed by atoms with Gasteiger partial charge in [0.2, 0.25) is 0 Å². The van der Waals surface area contributed by atoms with Gasteiger partial charge >= 0.3 is 0 Å². The topological polar surface area (TPSA) is 108 Å². The molecule has 0 aliphatic heterocycles. The molecular formula is C12H19N7OSi. The van der Waals surface area contributed by atoms with Gasteiger partial charge in [0, 0.05) is 14.7 Å². The van der Waals surface area contributed by atoms with Gasteiger partial charge in [-0.05, 0) is 6.04 Å². The Kier molecular flexibility index (Phi) is 3.37. The molecule has 0 saturated carbocycles. The smallest absolute Gasteiger partial charge is 0.179 e. The molecule has 0 radical (unpaired) electrons.